The van der Waals surface area contributed by atoms with Crippen LogP contribution in [-0.2, 0) is 0 Å². The molecule has 7 nitrogen and oxygen atoms in total. The molecule has 0 aliphatic rings. The Balaban J connectivity index is 1.95. The number of carbonyl (C=O) groups is 1. The zero-order valence-electron chi connectivity index (χ0n) is 21.5. The van der Waals surface area contributed by atoms with Gasteiger partial charge in [-0.15, -0.1) is 0 Å². The van der Waals surface area contributed by atoms with Crippen molar-refractivity contribution in [1.82, 2.24) is 18.8 Å². The molecule has 0 radical (unpaired) electrons. The van der Waals surface area contributed by atoms with E-state index in [4.69, 9.17) is 10.7 Å². The van der Waals surface area contributed by atoms with E-state index in [-0.39, 0.29) is 17.6 Å². The lowest BCUT2D eigenvalue weighted by atomic mass is 9.98. The number of halogens is 1. The van der Waals surface area contributed by atoms with Gasteiger partial charge in [0, 0.05) is 17.7 Å². The molecule has 2 aromatic heterocycles. The van der Waals surface area contributed by atoms with Crippen LogP contribution in [-0.4, -0.2) is 37.8 Å². The molecule has 2 unspecified atom stereocenters. The Morgan fingerprint density at radius 2 is 1.78 bits per heavy atom. The highest BCUT2D eigenvalue weighted by atomic mass is 32.1. The largest absolute Gasteiger partial charge is 0.330 e. The van der Waals surface area contributed by atoms with Crippen molar-refractivity contribution >= 4 is 27.7 Å². The Morgan fingerprint density at radius 1 is 1.11 bits per heavy atom. The first-order valence-electron chi connectivity index (χ1n) is 12.4. The fourth-order valence-corrected chi connectivity index (χ4v) is 5.31. The molecule has 0 saturated heterocycles. The van der Waals surface area contributed by atoms with Crippen LogP contribution in [0.4, 0.5) is 4.39 Å². The topological polar surface area (TPSA) is 94.1 Å². The van der Waals surface area contributed by atoms with Gasteiger partial charge in [-0.25, -0.2) is 9.37 Å². The normalized spacial score (nSPS) is 13.2. The molecule has 2 atom stereocenters. The number of hydrogen-bond acceptors (Lipinski definition) is 6. The Hall–Kier alpha value is -3.43. The molecule has 1 amide bonds. The van der Waals surface area contributed by atoms with Gasteiger partial charge in [-0.1, -0.05) is 61.9 Å². The van der Waals surface area contributed by atoms with E-state index in [1.165, 1.54) is 0 Å². The number of fused-ring (bicyclic) bond motifs is 1. The molecular formula is C28H32FN5O2S. The van der Waals surface area contributed by atoms with Crippen LogP contribution < -0.4 is 11.3 Å². The van der Waals surface area contributed by atoms with E-state index in [0.717, 1.165) is 21.7 Å². The molecule has 37 heavy (non-hydrogen) atoms. The highest BCUT2D eigenvalue weighted by molar-refractivity contribution is 7.12. The first kappa shape index (κ1) is 26.6. The number of carbonyl (C=O) groups excluding carboxylic acids is 1. The van der Waals surface area contributed by atoms with Crippen LogP contribution >= 0.6 is 11.5 Å². The van der Waals surface area contributed by atoms with Gasteiger partial charge in [-0.3, -0.25) is 14.2 Å². The van der Waals surface area contributed by atoms with Crippen LogP contribution in [0.2, 0.25) is 0 Å². The van der Waals surface area contributed by atoms with Crippen LogP contribution in [0, 0.1) is 19.8 Å². The van der Waals surface area contributed by atoms with Gasteiger partial charge < -0.3 is 10.6 Å². The molecule has 4 aromatic rings. The van der Waals surface area contributed by atoms with Crippen molar-refractivity contribution in [3.05, 3.63) is 93.2 Å². The van der Waals surface area contributed by atoms with Gasteiger partial charge in [-0.05, 0) is 56.4 Å². The predicted octanol–water partition coefficient (Wildman–Crippen LogP) is 5.17. The third-order valence-corrected chi connectivity index (χ3v) is 7.27. The number of alkyl halides is 1. The minimum absolute atomic E-state index is 0.181. The second-order valence-corrected chi connectivity index (χ2v) is 10.3. The molecule has 2 heterocycles. The molecule has 0 fully saturated rings. The molecule has 0 aliphatic carbocycles. The summed E-state index contributed by atoms with van der Waals surface area (Å²) in [5.41, 5.74) is 7.71. The van der Waals surface area contributed by atoms with E-state index in [1.54, 1.807) is 54.3 Å². The fourth-order valence-electron chi connectivity index (χ4n) is 4.54. The summed E-state index contributed by atoms with van der Waals surface area (Å²) >= 11 is 1.10. The highest BCUT2D eigenvalue weighted by Crippen LogP contribution is 2.33. The van der Waals surface area contributed by atoms with E-state index in [2.05, 4.69) is 4.37 Å². The van der Waals surface area contributed by atoms with Crippen molar-refractivity contribution in [1.29, 1.82) is 0 Å². The number of rotatable bonds is 9. The third kappa shape index (κ3) is 5.33. The number of benzene rings is 2. The smallest absolute Gasteiger partial charge is 0.266 e. The maximum absolute atomic E-state index is 16.2. The van der Waals surface area contributed by atoms with Crippen molar-refractivity contribution in [3.63, 3.8) is 0 Å². The lowest BCUT2D eigenvalue weighted by Gasteiger charge is -2.36. The van der Waals surface area contributed by atoms with E-state index in [0.29, 0.717) is 46.5 Å². The number of nitrogens with zero attached hydrogens (tertiary/aromatic N) is 4. The summed E-state index contributed by atoms with van der Waals surface area (Å²) in [5, 5.41) is 0.299. The molecule has 4 rings (SSSR count). The van der Waals surface area contributed by atoms with Gasteiger partial charge >= 0.3 is 0 Å². The zero-order valence-corrected chi connectivity index (χ0v) is 22.3. The quantitative estimate of drug-likeness (QED) is 0.328. The Morgan fingerprint density at radius 3 is 2.41 bits per heavy atom. The average Bonchev–Trinajstić information content (AvgIpc) is 3.27. The summed E-state index contributed by atoms with van der Waals surface area (Å²) in [6.45, 7) is 8.27. The van der Waals surface area contributed by atoms with E-state index >= 15 is 4.39 Å². The summed E-state index contributed by atoms with van der Waals surface area (Å²) < 4.78 is 21.7. The van der Waals surface area contributed by atoms with Crippen LogP contribution in [0.25, 0.3) is 10.2 Å². The fraction of sp³-hybridized carbons (Fsp3) is 0.357. The molecule has 2 N–H and O–H groups in total. The van der Waals surface area contributed by atoms with Gasteiger partial charge in [0.25, 0.3) is 11.5 Å². The van der Waals surface area contributed by atoms with Gasteiger partial charge in [0.1, 0.15) is 5.82 Å². The SMILES string of the molecule is Cc1ccc(C(=O)N(CCCN)C(c2nc3snc(C)c3c(=O)n2C(F)c2ccccc2)C(C)C)cc1. The molecule has 194 valence electrons. The molecule has 0 spiro atoms. The van der Waals surface area contributed by atoms with Crippen molar-refractivity contribution in [3.8, 4) is 0 Å². The third-order valence-electron chi connectivity index (χ3n) is 6.44. The Labute approximate surface area is 219 Å². The molecule has 9 heteroatoms. The number of nitrogens with two attached hydrogens (primary N) is 1. The van der Waals surface area contributed by atoms with Crippen LogP contribution in [0.5, 0.6) is 0 Å². The number of hydrogen-bond donors (Lipinski definition) is 1. The van der Waals surface area contributed by atoms with E-state index < -0.39 is 17.9 Å². The van der Waals surface area contributed by atoms with E-state index in [1.807, 2.05) is 32.9 Å². The Kier molecular flexibility index (Phi) is 8.14. The van der Waals surface area contributed by atoms with Crippen molar-refractivity contribution in [2.24, 2.45) is 11.7 Å². The van der Waals surface area contributed by atoms with Crippen LogP contribution in [0.15, 0.2) is 59.4 Å². The van der Waals surface area contributed by atoms with Crippen molar-refractivity contribution in [2.75, 3.05) is 13.1 Å². The van der Waals surface area contributed by atoms with Crippen molar-refractivity contribution in [2.45, 2.75) is 46.5 Å². The van der Waals surface area contributed by atoms with Crippen LogP contribution in [0.1, 0.15) is 65.6 Å². The maximum atomic E-state index is 16.2. The summed E-state index contributed by atoms with van der Waals surface area (Å²) in [6.07, 6.45) is -1.24. The molecular weight excluding hydrogens is 489 g/mol. The summed E-state index contributed by atoms with van der Waals surface area (Å²) in [4.78, 5) is 34.6. The Bertz CT molecular complexity index is 1430. The van der Waals surface area contributed by atoms with Gasteiger partial charge in [0.2, 0.25) is 6.30 Å². The highest BCUT2D eigenvalue weighted by Gasteiger charge is 2.35. The van der Waals surface area contributed by atoms with E-state index in [9.17, 15) is 9.59 Å². The monoisotopic (exact) mass is 521 g/mol. The second kappa shape index (κ2) is 11.3. The van der Waals surface area contributed by atoms with Crippen LogP contribution in [0.3, 0.4) is 0 Å². The standard InChI is InChI=1S/C28H32FN5O2S/c1-17(2)23(33(16-8-15-30)27(35)21-13-11-18(3)12-14-21)25-31-26-22(19(4)32-37-26)28(36)34(25)24(29)20-9-6-5-7-10-20/h5-7,9-14,17,23-24H,8,15-16,30H2,1-4H3. The summed E-state index contributed by atoms with van der Waals surface area (Å²) in [5.74, 6) is -0.201. The first-order chi connectivity index (χ1) is 17.7. The minimum Gasteiger partial charge on any atom is -0.330 e. The predicted molar refractivity (Wildman–Crippen MR) is 146 cm³/mol. The molecule has 2 aromatic carbocycles. The molecule has 0 saturated carbocycles. The summed E-state index contributed by atoms with van der Waals surface area (Å²) in [6, 6.07) is 15.2. The number of aromatic nitrogens is 3. The molecule has 0 bridgehead atoms. The zero-order chi connectivity index (χ0) is 26.7. The number of aryl methyl sites for hydroxylation is 2. The second-order valence-electron chi connectivity index (χ2n) is 9.54. The molecule has 0 aliphatic heterocycles. The minimum atomic E-state index is -1.79. The average molecular weight is 522 g/mol. The number of amides is 1. The maximum Gasteiger partial charge on any atom is 0.266 e. The van der Waals surface area contributed by atoms with Gasteiger partial charge in [0.05, 0.1) is 17.1 Å². The lowest BCUT2D eigenvalue weighted by molar-refractivity contribution is 0.0593. The van der Waals surface area contributed by atoms with Crippen molar-refractivity contribution < 1.29 is 9.18 Å². The lowest BCUT2D eigenvalue weighted by Crippen LogP contribution is -2.42. The van der Waals surface area contributed by atoms with Gasteiger partial charge in [0.15, 0.2) is 4.83 Å². The first-order valence-corrected chi connectivity index (χ1v) is 13.2. The summed E-state index contributed by atoms with van der Waals surface area (Å²) in [7, 11) is 0. The van der Waals surface area contributed by atoms with Gasteiger partial charge in [-0.2, -0.15) is 4.37 Å².